The van der Waals surface area contributed by atoms with Crippen LogP contribution in [0.3, 0.4) is 0 Å². The highest BCUT2D eigenvalue weighted by molar-refractivity contribution is 6.08. The van der Waals surface area contributed by atoms with Crippen molar-refractivity contribution in [3.05, 3.63) is 48.0 Å². The first-order valence-electron chi connectivity index (χ1n) is 8.42. The highest BCUT2D eigenvalue weighted by atomic mass is 19.1. The number of hydrogen-bond acceptors (Lipinski definition) is 2. The minimum atomic E-state index is -1.50. The second-order valence-electron chi connectivity index (χ2n) is 6.63. The molecule has 26 heavy (non-hydrogen) atoms. The molecule has 7 heteroatoms. The van der Waals surface area contributed by atoms with Gasteiger partial charge in [-0.1, -0.05) is 0 Å². The van der Waals surface area contributed by atoms with Crippen molar-refractivity contribution in [2.45, 2.75) is 25.2 Å². The zero-order chi connectivity index (χ0) is 18.4. The molecule has 1 saturated heterocycles. The summed E-state index contributed by atoms with van der Waals surface area (Å²) in [5, 5.41) is 11.5. The SMILES string of the molecule is O=C1[C@@H](F)CCN1C[C@H](O)Cn1c2ccc(F)cc2c2cc(F)ccc21. The van der Waals surface area contributed by atoms with Gasteiger partial charge in [0.2, 0.25) is 0 Å². The summed E-state index contributed by atoms with van der Waals surface area (Å²) < 4.78 is 42.4. The third-order valence-electron chi connectivity index (χ3n) is 4.85. The first kappa shape index (κ1) is 16.9. The van der Waals surface area contributed by atoms with Crippen LogP contribution in [-0.2, 0) is 11.3 Å². The van der Waals surface area contributed by atoms with Crippen molar-refractivity contribution in [2.24, 2.45) is 0 Å². The zero-order valence-corrected chi connectivity index (χ0v) is 13.8. The van der Waals surface area contributed by atoms with E-state index in [4.69, 9.17) is 0 Å². The van der Waals surface area contributed by atoms with E-state index in [9.17, 15) is 23.1 Å². The van der Waals surface area contributed by atoms with E-state index in [1.807, 2.05) is 0 Å². The van der Waals surface area contributed by atoms with Crippen molar-refractivity contribution in [2.75, 3.05) is 13.1 Å². The maximum atomic E-state index is 13.7. The largest absolute Gasteiger partial charge is 0.389 e. The number of alkyl halides is 1. The van der Waals surface area contributed by atoms with E-state index in [0.29, 0.717) is 21.8 Å². The Balaban J connectivity index is 1.70. The van der Waals surface area contributed by atoms with Crippen LogP contribution in [0.25, 0.3) is 21.8 Å². The molecule has 0 aliphatic carbocycles. The third-order valence-corrected chi connectivity index (χ3v) is 4.85. The van der Waals surface area contributed by atoms with Gasteiger partial charge in [-0.3, -0.25) is 4.79 Å². The molecule has 0 spiro atoms. The molecular weight excluding hydrogens is 345 g/mol. The summed E-state index contributed by atoms with van der Waals surface area (Å²) in [6, 6.07) is 8.42. The van der Waals surface area contributed by atoms with Gasteiger partial charge in [-0.15, -0.1) is 0 Å². The van der Waals surface area contributed by atoms with Crippen LogP contribution < -0.4 is 0 Å². The molecule has 136 valence electrons. The number of rotatable bonds is 4. The number of aliphatic hydroxyl groups excluding tert-OH is 1. The Hall–Kier alpha value is -2.54. The Morgan fingerprint density at radius 2 is 1.62 bits per heavy atom. The minimum Gasteiger partial charge on any atom is -0.389 e. The Kier molecular flexibility index (Phi) is 4.11. The first-order valence-corrected chi connectivity index (χ1v) is 8.42. The van der Waals surface area contributed by atoms with E-state index in [1.165, 1.54) is 29.2 Å². The Morgan fingerprint density at radius 1 is 1.04 bits per heavy atom. The average Bonchev–Trinajstić information content (AvgIpc) is 3.07. The predicted molar refractivity (Wildman–Crippen MR) is 91.5 cm³/mol. The summed E-state index contributed by atoms with van der Waals surface area (Å²) in [6.45, 7) is 0.418. The van der Waals surface area contributed by atoms with Crippen LogP contribution in [0.2, 0.25) is 0 Å². The number of hydrogen-bond donors (Lipinski definition) is 1. The molecule has 2 heterocycles. The van der Waals surface area contributed by atoms with Gasteiger partial charge < -0.3 is 14.6 Å². The second-order valence-corrected chi connectivity index (χ2v) is 6.63. The van der Waals surface area contributed by atoms with Crippen LogP contribution in [0.4, 0.5) is 13.2 Å². The number of carbonyl (C=O) groups is 1. The molecule has 2 aromatic carbocycles. The molecule has 1 aliphatic heterocycles. The van der Waals surface area contributed by atoms with Crippen molar-refractivity contribution >= 4 is 27.7 Å². The molecule has 0 radical (unpaired) electrons. The van der Waals surface area contributed by atoms with Crippen LogP contribution in [0, 0.1) is 11.6 Å². The molecule has 0 bridgehead atoms. The van der Waals surface area contributed by atoms with Gasteiger partial charge in [-0.25, -0.2) is 13.2 Å². The topological polar surface area (TPSA) is 45.5 Å². The number of aromatic nitrogens is 1. The monoisotopic (exact) mass is 362 g/mol. The van der Waals surface area contributed by atoms with Crippen LogP contribution in [-0.4, -0.2) is 45.8 Å². The Bertz CT molecular complexity index is 942. The number of benzene rings is 2. The highest BCUT2D eigenvalue weighted by Crippen LogP contribution is 2.30. The molecule has 0 unspecified atom stereocenters. The van der Waals surface area contributed by atoms with Crippen LogP contribution in [0.5, 0.6) is 0 Å². The third kappa shape index (κ3) is 2.82. The lowest BCUT2D eigenvalue weighted by Crippen LogP contribution is -2.37. The van der Waals surface area contributed by atoms with Crippen molar-refractivity contribution in [3.8, 4) is 0 Å². The molecule has 0 saturated carbocycles. The number of amides is 1. The van der Waals surface area contributed by atoms with Gasteiger partial charge in [0.15, 0.2) is 6.17 Å². The van der Waals surface area contributed by atoms with Gasteiger partial charge in [-0.2, -0.15) is 0 Å². The van der Waals surface area contributed by atoms with Crippen molar-refractivity contribution in [3.63, 3.8) is 0 Å². The Labute approximate surface area is 147 Å². The maximum Gasteiger partial charge on any atom is 0.257 e. The van der Waals surface area contributed by atoms with E-state index < -0.39 is 29.8 Å². The maximum absolute atomic E-state index is 13.7. The van der Waals surface area contributed by atoms with E-state index in [1.54, 1.807) is 16.7 Å². The molecule has 3 aromatic rings. The Morgan fingerprint density at radius 3 is 2.12 bits per heavy atom. The number of carbonyl (C=O) groups excluding carboxylic acids is 1. The molecule has 1 aromatic heterocycles. The normalized spacial score (nSPS) is 19.0. The summed E-state index contributed by atoms with van der Waals surface area (Å²) in [5.41, 5.74) is 1.31. The van der Waals surface area contributed by atoms with Crippen molar-refractivity contribution in [1.82, 2.24) is 9.47 Å². The summed E-state index contributed by atoms with van der Waals surface area (Å²) >= 11 is 0. The van der Waals surface area contributed by atoms with E-state index in [0.717, 1.165) is 0 Å². The quantitative estimate of drug-likeness (QED) is 0.776. The molecular formula is C19H17F3N2O2. The van der Waals surface area contributed by atoms with Gasteiger partial charge >= 0.3 is 0 Å². The predicted octanol–water partition coefficient (Wildman–Crippen LogP) is 3.00. The lowest BCUT2D eigenvalue weighted by Gasteiger charge is -2.21. The number of fused-ring (bicyclic) bond motifs is 3. The number of halogens is 3. The van der Waals surface area contributed by atoms with Gasteiger partial charge in [0.1, 0.15) is 11.6 Å². The summed E-state index contributed by atoms with van der Waals surface area (Å²) in [6.07, 6.45) is -2.29. The molecule has 1 fully saturated rings. The lowest BCUT2D eigenvalue weighted by atomic mass is 10.1. The van der Waals surface area contributed by atoms with Crippen LogP contribution in [0.15, 0.2) is 36.4 Å². The van der Waals surface area contributed by atoms with Gasteiger partial charge in [0.05, 0.1) is 12.6 Å². The molecule has 1 N–H and O–H groups in total. The fourth-order valence-electron chi connectivity index (χ4n) is 3.65. The number of likely N-dealkylation sites (tertiary alicyclic amines) is 1. The van der Waals surface area contributed by atoms with E-state index in [-0.39, 0.29) is 26.1 Å². The average molecular weight is 362 g/mol. The molecule has 4 rings (SSSR count). The van der Waals surface area contributed by atoms with Gasteiger partial charge in [0, 0.05) is 41.3 Å². The lowest BCUT2D eigenvalue weighted by molar-refractivity contribution is -0.133. The second kappa shape index (κ2) is 6.32. The van der Waals surface area contributed by atoms with Crippen molar-refractivity contribution < 1.29 is 23.1 Å². The number of β-amino-alcohol motifs (C(OH)–C–C–N with tert-alkyl or cyclic N) is 1. The van der Waals surface area contributed by atoms with Crippen LogP contribution in [0.1, 0.15) is 6.42 Å². The van der Waals surface area contributed by atoms with Crippen molar-refractivity contribution in [1.29, 1.82) is 0 Å². The fraction of sp³-hybridized carbons (Fsp3) is 0.316. The van der Waals surface area contributed by atoms with Crippen LogP contribution >= 0.6 is 0 Å². The number of nitrogens with zero attached hydrogens (tertiary/aromatic N) is 2. The van der Waals surface area contributed by atoms with E-state index >= 15 is 0 Å². The molecule has 1 aliphatic rings. The van der Waals surface area contributed by atoms with Gasteiger partial charge in [0.25, 0.3) is 5.91 Å². The molecule has 2 atom stereocenters. The van der Waals surface area contributed by atoms with E-state index in [2.05, 4.69) is 0 Å². The zero-order valence-electron chi connectivity index (χ0n) is 13.8. The van der Waals surface area contributed by atoms with Gasteiger partial charge in [-0.05, 0) is 36.4 Å². The smallest absolute Gasteiger partial charge is 0.257 e. The summed E-state index contributed by atoms with van der Waals surface area (Å²) in [5.74, 6) is -1.47. The highest BCUT2D eigenvalue weighted by Gasteiger charge is 2.32. The first-order chi connectivity index (χ1) is 12.4. The molecule has 1 amide bonds. The minimum absolute atomic E-state index is 0.0167. The summed E-state index contributed by atoms with van der Waals surface area (Å²) in [4.78, 5) is 13.0. The summed E-state index contributed by atoms with van der Waals surface area (Å²) in [7, 11) is 0. The fourth-order valence-corrected chi connectivity index (χ4v) is 3.65. The standard InChI is InChI=1S/C19H17F3N2O2/c20-11-1-3-17-14(7-11)15-8-12(21)2-4-18(15)24(17)10-13(25)9-23-6-5-16(22)19(23)26/h1-4,7-8,13,16,25H,5-6,9-10H2/t13-,16-/m0/s1. The molecule has 4 nitrogen and oxygen atoms in total. The number of aliphatic hydroxyl groups is 1.